The summed E-state index contributed by atoms with van der Waals surface area (Å²) >= 11 is 0. The molecule has 1 aromatic carbocycles. The normalized spacial score (nSPS) is 14.8. The van der Waals surface area contributed by atoms with Crippen LogP contribution in [0.5, 0.6) is 0 Å². The summed E-state index contributed by atoms with van der Waals surface area (Å²) in [7, 11) is -3.78. The Labute approximate surface area is 188 Å². The van der Waals surface area contributed by atoms with E-state index in [1.165, 1.54) is 19.3 Å². The monoisotopic (exact) mass is 456 g/mol. The van der Waals surface area contributed by atoms with Crippen LogP contribution < -0.4 is 15.4 Å². The smallest absolute Gasteiger partial charge is 0.267 e. The minimum Gasteiger partial charge on any atom is -0.367 e. The lowest BCUT2D eigenvalue weighted by atomic mass is 9.95. The van der Waals surface area contributed by atoms with E-state index in [2.05, 4.69) is 30.5 Å². The lowest BCUT2D eigenvalue weighted by Crippen LogP contribution is -2.23. The number of hydrogen-bond donors (Lipinski definition) is 3. The van der Waals surface area contributed by atoms with E-state index in [0.717, 1.165) is 24.3 Å². The van der Waals surface area contributed by atoms with Gasteiger partial charge in [-0.2, -0.15) is 0 Å². The highest BCUT2D eigenvalue weighted by molar-refractivity contribution is 7.92. The quantitative estimate of drug-likeness (QED) is 0.468. The SMILES string of the molecule is Cc1nc(Nc2ccc(NS(=O)(=O)c3c(C)noc3C)cc2)cc(NC2CCCCC2)n1. The number of hydrogen-bond acceptors (Lipinski definition) is 8. The largest absolute Gasteiger partial charge is 0.367 e. The summed E-state index contributed by atoms with van der Waals surface area (Å²) in [5, 5.41) is 10.5. The fourth-order valence-corrected chi connectivity index (χ4v) is 5.39. The second-order valence-corrected chi connectivity index (χ2v) is 9.75. The molecule has 0 amide bonds. The highest BCUT2D eigenvalue weighted by Gasteiger charge is 2.24. The average molecular weight is 457 g/mol. The summed E-state index contributed by atoms with van der Waals surface area (Å²) < 4.78 is 32.9. The van der Waals surface area contributed by atoms with Gasteiger partial charge in [0.05, 0.1) is 0 Å². The lowest BCUT2D eigenvalue weighted by molar-refractivity contribution is 0.390. The van der Waals surface area contributed by atoms with Crippen LogP contribution in [0.3, 0.4) is 0 Å². The Hall–Kier alpha value is -3.14. The standard InChI is InChI=1S/C22H28N6O3S/c1-14-22(15(2)31-27-14)32(29,30)28-19-11-9-18(10-12-19)26-21-13-20(23-16(3)24-21)25-17-7-5-4-6-8-17/h9-13,17,28H,4-8H2,1-3H3,(H2,23,24,25,26). The Morgan fingerprint density at radius 3 is 2.25 bits per heavy atom. The van der Waals surface area contributed by atoms with Gasteiger partial charge in [0, 0.05) is 23.5 Å². The third kappa shape index (κ3) is 5.18. The van der Waals surface area contributed by atoms with Gasteiger partial charge in [-0.3, -0.25) is 4.72 Å². The molecule has 0 atom stereocenters. The van der Waals surface area contributed by atoms with Crippen molar-refractivity contribution in [2.24, 2.45) is 0 Å². The van der Waals surface area contributed by atoms with Crippen LogP contribution in [-0.4, -0.2) is 29.6 Å². The van der Waals surface area contributed by atoms with Gasteiger partial charge in [0.15, 0.2) is 10.7 Å². The molecule has 0 spiro atoms. The molecule has 4 rings (SSSR count). The Kier molecular flexibility index (Phi) is 6.31. The molecule has 1 fully saturated rings. The van der Waals surface area contributed by atoms with Crippen LogP contribution in [0.4, 0.5) is 23.0 Å². The van der Waals surface area contributed by atoms with Crippen molar-refractivity contribution in [1.82, 2.24) is 15.1 Å². The molecule has 0 saturated heterocycles. The van der Waals surface area contributed by atoms with Crippen LogP contribution in [0.15, 0.2) is 39.8 Å². The molecule has 0 radical (unpaired) electrons. The predicted molar refractivity (Wildman–Crippen MR) is 124 cm³/mol. The summed E-state index contributed by atoms with van der Waals surface area (Å²) in [6, 6.07) is 9.31. The van der Waals surface area contributed by atoms with E-state index in [-0.39, 0.29) is 10.7 Å². The van der Waals surface area contributed by atoms with E-state index >= 15 is 0 Å². The number of nitrogens with one attached hydrogen (secondary N) is 3. The van der Waals surface area contributed by atoms with Crippen molar-refractivity contribution >= 4 is 33.0 Å². The first-order chi connectivity index (χ1) is 15.3. The highest BCUT2D eigenvalue weighted by Crippen LogP contribution is 2.25. The Bertz CT molecular complexity index is 1170. The molecule has 0 aliphatic heterocycles. The second kappa shape index (κ2) is 9.15. The maximum absolute atomic E-state index is 12.7. The van der Waals surface area contributed by atoms with Gasteiger partial charge in [-0.25, -0.2) is 18.4 Å². The maximum atomic E-state index is 12.7. The zero-order chi connectivity index (χ0) is 22.7. The highest BCUT2D eigenvalue weighted by atomic mass is 32.2. The molecular weight excluding hydrogens is 428 g/mol. The molecule has 0 bridgehead atoms. The zero-order valence-electron chi connectivity index (χ0n) is 18.5. The molecule has 3 N–H and O–H groups in total. The molecule has 3 aromatic rings. The zero-order valence-corrected chi connectivity index (χ0v) is 19.3. The van der Waals surface area contributed by atoms with Gasteiger partial charge in [0.25, 0.3) is 10.0 Å². The van der Waals surface area contributed by atoms with Gasteiger partial charge in [-0.15, -0.1) is 0 Å². The first kappa shape index (κ1) is 22.1. The number of sulfonamides is 1. The number of benzene rings is 1. The van der Waals surface area contributed by atoms with Crippen molar-refractivity contribution in [2.45, 2.75) is 63.8 Å². The number of aryl methyl sites for hydroxylation is 3. The van der Waals surface area contributed by atoms with Crippen LogP contribution >= 0.6 is 0 Å². The summed E-state index contributed by atoms with van der Waals surface area (Å²) in [4.78, 5) is 9.04. The van der Waals surface area contributed by atoms with Crippen LogP contribution in [0.1, 0.15) is 49.4 Å². The fourth-order valence-electron chi connectivity index (χ4n) is 4.00. The Balaban J connectivity index is 1.44. The number of aromatic nitrogens is 3. The van der Waals surface area contributed by atoms with Crippen molar-refractivity contribution in [3.63, 3.8) is 0 Å². The molecule has 1 saturated carbocycles. The molecule has 170 valence electrons. The van der Waals surface area contributed by atoms with Crippen LogP contribution in [0.2, 0.25) is 0 Å². The van der Waals surface area contributed by atoms with E-state index in [9.17, 15) is 8.42 Å². The average Bonchev–Trinajstić information content (AvgIpc) is 3.08. The third-order valence-corrected chi connectivity index (χ3v) is 7.07. The molecule has 9 nitrogen and oxygen atoms in total. The van der Waals surface area contributed by atoms with Crippen molar-refractivity contribution in [3.8, 4) is 0 Å². The van der Waals surface area contributed by atoms with E-state index in [4.69, 9.17) is 4.52 Å². The van der Waals surface area contributed by atoms with Crippen molar-refractivity contribution < 1.29 is 12.9 Å². The molecule has 32 heavy (non-hydrogen) atoms. The molecule has 2 heterocycles. The summed E-state index contributed by atoms with van der Waals surface area (Å²) in [6.45, 7) is 5.03. The summed E-state index contributed by atoms with van der Waals surface area (Å²) in [5.41, 5.74) is 1.55. The molecule has 1 aliphatic carbocycles. The molecule has 1 aliphatic rings. The van der Waals surface area contributed by atoms with Gasteiger partial charge in [0.1, 0.15) is 23.2 Å². The first-order valence-corrected chi connectivity index (χ1v) is 12.2. The van der Waals surface area contributed by atoms with E-state index in [1.807, 2.05) is 13.0 Å². The summed E-state index contributed by atoms with van der Waals surface area (Å²) in [6.07, 6.45) is 6.13. The van der Waals surface area contributed by atoms with E-state index in [1.54, 1.807) is 38.1 Å². The molecule has 0 unspecified atom stereocenters. The molecular formula is C22H28N6O3S. The van der Waals surface area contributed by atoms with Crippen molar-refractivity contribution in [1.29, 1.82) is 0 Å². The topological polar surface area (TPSA) is 122 Å². The molecule has 10 heteroatoms. The number of rotatable bonds is 7. The number of anilines is 4. The molecule has 2 aromatic heterocycles. The predicted octanol–water partition coefficient (Wildman–Crippen LogP) is 4.68. The van der Waals surface area contributed by atoms with E-state index in [0.29, 0.717) is 29.1 Å². The van der Waals surface area contributed by atoms with Gasteiger partial charge < -0.3 is 15.2 Å². The van der Waals surface area contributed by atoms with Gasteiger partial charge in [-0.05, 0) is 57.9 Å². The van der Waals surface area contributed by atoms with Gasteiger partial charge in [0.2, 0.25) is 0 Å². The maximum Gasteiger partial charge on any atom is 0.267 e. The van der Waals surface area contributed by atoms with Gasteiger partial charge in [-0.1, -0.05) is 24.4 Å². The van der Waals surface area contributed by atoms with Crippen LogP contribution in [0.25, 0.3) is 0 Å². The van der Waals surface area contributed by atoms with Crippen LogP contribution in [0, 0.1) is 20.8 Å². The van der Waals surface area contributed by atoms with Gasteiger partial charge >= 0.3 is 0 Å². The third-order valence-electron chi connectivity index (χ3n) is 5.44. The minimum atomic E-state index is -3.78. The van der Waals surface area contributed by atoms with E-state index < -0.39 is 10.0 Å². The minimum absolute atomic E-state index is 0.0640. The Morgan fingerprint density at radius 2 is 1.59 bits per heavy atom. The van der Waals surface area contributed by atoms with Crippen molar-refractivity contribution in [3.05, 3.63) is 47.6 Å². The van der Waals surface area contributed by atoms with Crippen LogP contribution in [-0.2, 0) is 10.0 Å². The fraction of sp³-hybridized carbons (Fsp3) is 0.409. The first-order valence-electron chi connectivity index (χ1n) is 10.8. The lowest BCUT2D eigenvalue weighted by Gasteiger charge is -2.23. The van der Waals surface area contributed by atoms with Crippen molar-refractivity contribution in [2.75, 3.05) is 15.4 Å². The Morgan fingerprint density at radius 1 is 0.938 bits per heavy atom. The number of nitrogens with zero attached hydrogens (tertiary/aromatic N) is 3. The summed E-state index contributed by atoms with van der Waals surface area (Å²) in [5.74, 6) is 2.43. The second-order valence-electron chi connectivity index (χ2n) is 8.13.